The highest BCUT2D eigenvalue weighted by molar-refractivity contribution is 6.36. The summed E-state index contributed by atoms with van der Waals surface area (Å²) in [7, 11) is 1.41. The van der Waals surface area contributed by atoms with Crippen molar-refractivity contribution in [3.05, 3.63) is 54.1 Å². The van der Waals surface area contributed by atoms with Crippen molar-refractivity contribution in [2.75, 3.05) is 38.3 Å². The first-order chi connectivity index (χ1) is 15.5. The number of hydrogen-bond acceptors (Lipinski definition) is 6. The molecular weight excluding hydrogens is 435 g/mol. The van der Waals surface area contributed by atoms with Crippen LogP contribution in [0.3, 0.4) is 0 Å². The number of rotatable bonds is 3. The zero-order chi connectivity index (χ0) is 22.4. The number of piperazine rings is 1. The van der Waals surface area contributed by atoms with E-state index in [-0.39, 0.29) is 17.7 Å². The highest BCUT2D eigenvalue weighted by Crippen LogP contribution is 2.47. The normalized spacial score (nSPS) is 17.4. The van der Waals surface area contributed by atoms with Crippen LogP contribution in [0.1, 0.15) is 0 Å². The minimum absolute atomic E-state index is 0.0971. The van der Waals surface area contributed by atoms with Gasteiger partial charge in [-0.3, -0.25) is 4.79 Å². The Kier molecular flexibility index (Phi) is 5.09. The lowest BCUT2D eigenvalue weighted by Crippen LogP contribution is -2.56. The molecule has 1 saturated heterocycles. The molecule has 0 bridgehead atoms. The van der Waals surface area contributed by atoms with Crippen LogP contribution >= 0.6 is 11.6 Å². The molecule has 1 aromatic heterocycles. The lowest BCUT2D eigenvalue weighted by molar-refractivity contribution is -0.126. The predicted molar refractivity (Wildman–Crippen MR) is 120 cm³/mol. The minimum atomic E-state index is -0.486. The largest absolute Gasteiger partial charge is 0.493 e. The Hall–Kier alpha value is -3.39. The first-order valence-corrected chi connectivity index (χ1v) is 10.5. The van der Waals surface area contributed by atoms with Gasteiger partial charge < -0.3 is 19.3 Å². The Bertz CT molecular complexity index is 1250. The topological polar surface area (TPSA) is 67.8 Å². The number of fused-ring (bicyclic) bond motifs is 2. The number of halogens is 2. The monoisotopic (exact) mass is 454 g/mol. The molecule has 32 heavy (non-hydrogen) atoms. The summed E-state index contributed by atoms with van der Waals surface area (Å²) in [5.74, 6) is 0.646. The van der Waals surface area contributed by atoms with E-state index in [9.17, 15) is 9.18 Å². The number of amides is 1. The van der Waals surface area contributed by atoms with Crippen molar-refractivity contribution in [3.8, 4) is 22.6 Å². The maximum absolute atomic E-state index is 14.4. The van der Waals surface area contributed by atoms with E-state index in [4.69, 9.17) is 21.1 Å². The van der Waals surface area contributed by atoms with Crippen LogP contribution in [0.2, 0.25) is 5.02 Å². The summed E-state index contributed by atoms with van der Waals surface area (Å²) in [6.45, 7) is 5.51. The fourth-order valence-corrected chi connectivity index (χ4v) is 4.72. The molecule has 0 radical (unpaired) electrons. The second-order valence-corrected chi connectivity index (χ2v) is 8.00. The molecule has 0 spiro atoms. The zero-order valence-electron chi connectivity index (χ0n) is 17.3. The van der Waals surface area contributed by atoms with Crippen molar-refractivity contribution < 1.29 is 18.7 Å². The predicted octanol–water partition coefficient (Wildman–Crippen LogP) is 3.69. The highest BCUT2D eigenvalue weighted by atomic mass is 35.5. The maximum atomic E-state index is 14.4. The van der Waals surface area contributed by atoms with Crippen molar-refractivity contribution in [1.82, 2.24) is 14.9 Å². The van der Waals surface area contributed by atoms with Gasteiger partial charge in [0.05, 0.1) is 29.1 Å². The molecule has 1 amide bonds. The van der Waals surface area contributed by atoms with Crippen LogP contribution in [-0.4, -0.2) is 60.2 Å². The summed E-state index contributed by atoms with van der Waals surface area (Å²) in [6.07, 6.45) is 2.81. The van der Waals surface area contributed by atoms with Gasteiger partial charge >= 0.3 is 0 Å². The van der Waals surface area contributed by atoms with Crippen LogP contribution in [0.25, 0.3) is 22.0 Å². The number of carbonyl (C=O) groups excluding carboxylic acids is 1. The van der Waals surface area contributed by atoms with Gasteiger partial charge in [-0.25, -0.2) is 14.4 Å². The molecular formula is C23H20ClFN4O3. The molecule has 1 fully saturated rings. The van der Waals surface area contributed by atoms with Crippen LogP contribution in [0, 0.1) is 5.82 Å². The zero-order valence-corrected chi connectivity index (χ0v) is 18.1. The van der Waals surface area contributed by atoms with Gasteiger partial charge in [0.15, 0.2) is 17.3 Å². The van der Waals surface area contributed by atoms with E-state index in [1.165, 1.54) is 25.6 Å². The first kappa shape index (κ1) is 20.5. The lowest BCUT2D eigenvalue weighted by atomic mass is 10.0. The molecule has 164 valence electrons. The Labute approximate surface area is 189 Å². The van der Waals surface area contributed by atoms with E-state index in [1.807, 2.05) is 0 Å². The Morgan fingerprint density at radius 2 is 2.19 bits per heavy atom. The summed E-state index contributed by atoms with van der Waals surface area (Å²) < 4.78 is 25.9. The van der Waals surface area contributed by atoms with Crippen molar-refractivity contribution >= 4 is 34.2 Å². The summed E-state index contributed by atoms with van der Waals surface area (Å²) in [5.41, 5.74) is 1.68. The number of ether oxygens (including phenoxy) is 2. The van der Waals surface area contributed by atoms with Crippen LogP contribution in [0.4, 0.5) is 10.2 Å². The van der Waals surface area contributed by atoms with Crippen molar-refractivity contribution in [3.63, 3.8) is 0 Å². The van der Waals surface area contributed by atoms with Gasteiger partial charge in [-0.1, -0.05) is 30.3 Å². The lowest BCUT2D eigenvalue weighted by Gasteiger charge is -2.40. The first-order valence-electron chi connectivity index (χ1n) is 10.1. The molecule has 0 aliphatic carbocycles. The van der Waals surface area contributed by atoms with Crippen LogP contribution < -0.4 is 14.4 Å². The van der Waals surface area contributed by atoms with Crippen molar-refractivity contribution in [1.29, 1.82) is 0 Å². The molecule has 7 nitrogen and oxygen atoms in total. The molecule has 2 aliphatic heterocycles. The molecule has 2 aromatic carbocycles. The molecule has 1 atom stereocenters. The molecule has 5 rings (SSSR count). The van der Waals surface area contributed by atoms with Crippen LogP contribution in [-0.2, 0) is 4.79 Å². The third-order valence-corrected chi connectivity index (χ3v) is 6.30. The Morgan fingerprint density at radius 3 is 2.97 bits per heavy atom. The molecule has 0 saturated carbocycles. The van der Waals surface area contributed by atoms with Crippen LogP contribution in [0.15, 0.2) is 43.2 Å². The number of hydrogen-bond donors (Lipinski definition) is 0. The molecule has 3 aromatic rings. The van der Waals surface area contributed by atoms with Gasteiger partial charge in [0.25, 0.3) is 0 Å². The van der Waals surface area contributed by atoms with E-state index in [2.05, 4.69) is 21.4 Å². The van der Waals surface area contributed by atoms with E-state index < -0.39 is 5.82 Å². The SMILES string of the molecule is C=CC(=O)N1CCN2c3ncnc4cc(-c5cccc(F)c5OC)c(Cl)c(c34)OC[C@@H]2C1. The van der Waals surface area contributed by atoms with Gasteiger partial charge in [0.1, 0.15) is 18.8 Å². The second-order valence-electron chi connectivity index (χ2n) is 7.63. The molecule has 0 N–H and O–H groups in total. The maximum Gasteiger partial charge on any atom is 0.246 e. The number of carbonyl (C=O) groups is 1. The number of aromatic nitrogens is 2. The number of benzene rings is 2. The third-order valence-electron chi connectivity index (χ3n) is 5.92. The standard InChI is InChI=1S/C23H20ClFN4O3/c1-3-18(30)28-7-8-29-13(10-28)11-32-22-19-17(26-12-27-23(19)29)9-15(20(22)24)14-5-4-6-16(25)21(14)31-2/h3-6,9,12-13H,1,7-8,10-11H2,2H3/t13-/m0/s1. The fraction of sp³-hybridized carbons (Fsp3) is 0.261. The number of nitrogens with zero attached hydrogens (tertiary/aromatic N) is 4. The van der Waals surface area contributed by atoms with Gasteiger partial charge in [-0.15, -0.1) is 0 Å². The molecule has 0 unspecified atom stereocenters. The quantitative estimate of drug-likeness (QED) is 0.562. The van der Waals surface area contributed by atoms with E-state index >= 15 is 0 Å². The third kappa shape index (κ3) is 3.14. The Morgan fingerprint density at radius 1 is 1.34 bits per heavy atom. The van der Waals surface area contributed by atoms with Gasteiger partial charge in [0.2, 0.25) is 5.91 Å². The van der Waals surface area contributed by atoms with E-state index in [0.29, 0.717) is 64.9 Å². The van der Waals surface area contributed by atoms with Crippen LogP contribution in [0.5, 0.6) is 11.5 Å². The molecule has 9 heteroatoms. The van der Waals surface area contributed by atoms with Crippen molar-refractivity contribution in [2.45, 2.75) is 6.04 Å². The number of para-hydroxylation sites is 1. The Balaban J connectivity index is 1.66. The minimum Gasteiger partial charge on any atom is -0.493 e. The summed E-state index contributed by atoms with van der Waals surface area (Å²) in [6, 6.07) is 6.36. The molecule has 3 heterocycles. The van der Waals surface area contributed by atoms with Gasteiger partial charge in [-0.2, -0.15) is 0 Å². The van der Waals surface area contributed by atoms with E-state index in [1.54, 1.807) is 23.1 Å². The summed E-state index contributed by atoms with van der Waals surface area (Å²) in [4.78, 5) is 25.0. The smallest absolute Gasteiger partial charge is 0.246 e. The van der Waals surface area contributed by atoms with Gasteiger partial charge in [0, 0.05) is 30.8 Å². The highest BCUT2D eigenvalue weighted by Gasteiger charge is 2.35. The summed E-state index contributed by atoms with van der Waals surface area (Å²) >= 11 is 6.83. The number of methoxy groups -OCH3 is 1. The molecule has 2 aliphatic rings. The average molecular weight is 455 g/mol. The number of anilines is 1. The average Bonchev–Trinajstić information content (AvgIpc) is 2.98. The second kappa shape index (κ2) is 7.94. The van der Waals surface area contributed by atoms with Gasteiger partial charge in [-0.05, 0) is 18.2 Å². The fourth-order valence-electron chi connectivity index (χ4n) is 4.41. The van der Waals surface area contributed by atoms with Crippen molar-refractivity contribution in [2.24, 2.45) is 0 Å². The van der Waals surface area contributed by atoms with E-state index in [0.717, 1.165) is 0 Å². The summed E-state index contributed by atoms with van der Waals surface area (Å²) in [5, 5.41) is 1.03.